The van der Waals surface area contributed by atoms with Gasteiger partial charge in [0.25, 0.3) is 5.91 Å². The maximum atomic E-state index is 13.9. The molecule has 1 aliphatic heterocycles. The number of anilines is 1. The van der Waals surface area contributed by atoms with Crippen molar-refractivity contribution in [1.29, 1.82) is 0 Å². The van der Waals surface area contributed by atoms with Crippen LogP contribution in [-0.2, 0) is 0 Å². The average Bonchev–Trinajstić information content (AvgIpc) is 3.16. The molecule has 0 radical (unpaired) electrons. The van der Waals surface area contributed by atoms with Crippen molar-refractivity contribution in [3.8, 4) is 16.9 Å². The third kappa shape index (κ3) is 4.81. The van der Waals surface area contributed by atoms with Crippen LogP contribution in [0.2, 0.25) is 10.0 Å². The summed E-state index contributed by atoms with van der Waals surface area (Å²) in [5.74, 6) is -0.484. The number of nitrogens with two attached hydrogens (primary N) is 1. The summed E-state index contributed by atoms with van der Waals surface area (Å²) in [7, 11) is 0. The highest BCUT2D eigenvalue weighted by atomic mass is 35.5. The zero-order valence-electron chi connectivity index (χ0n) is 18.1. The Kier molecular flexibility index (Phi) is 6.95. The number of likely N-dealkylation sites (tertiary alicyclic amines) is 1. The molecule has 1 unspecified atom stereocenters. The highest BCUT2D eigenvalue weighted by Crippen LogP contribution is 2.37. The van der Waals surface area contributed by atoms with Gasteiger partial charge in [0.15, 0.2) is 11.6 Å². The fourth-order valence-electron chi connectivity index (χ4n) is 3.80. The lowest BCUT2D eigenvalue weighted by Gasteiger charge is -2.19. The highest BCUT2D eigenvalue weighted by molar-refractivity contribution is 6.36. The van der Waals surface area contributed by atoms with Gasteiger partial charge in [-0.1, -0.05) is 35.3 Å². The van der Waals surface area contributed by atoms with E-state index >= 15 is 0 Å². The van der Waals surface area contributed by atoms with E-state index in [2.05, 4.69) is 4.98 Å². The van der Waals surface area contributed by atoms with Crippen LogP contribution in [0.1, 0.15) is 28.9 Å². The zero-order chi connectivity index (χ0) is 24.6. The summed E-state index contributed by atoms with van der Waals surface area (Å²) in [6, 6.07) is 11.1. The van der Waals surface area contributed by atoms with Gasteiger partial charge in [-0.05, 0) is 42.8 Å². The standard InChI is InChI=1S/C24H22Cl2FN3O4/c1-12(21-16(25)6-7-17(27)22(21)26)34-20-8-15(9-29-23(20)28)13-2-4-14(5-3-13)24(33)30-10-18(31)19(32)11-30/h2-9,12,18-19,31-32H,10-11H2,1H3,(H2,28,29)/t12?,18-,19+. The molecule has 178 valence electrons. The van der Waals surface area contributed by atoms with Crippen LogP contribution in [0.4, 0.5) is 10.2 Å². The molecule has 3 atom stereocenters. The first kappa shape index (κ1) is 24.2. The first-order valence-electron chi connectivity index (χ1n) is 10.5. The summed E-state index contributed by atoms with van der Waals surface area (Å²) in [5, 5.41) is 19.5. The number of hydrogen-bond donors (Lipinski definition) is 3. The fraction of sp³-hybridized carbons (Fsp3) is 0.250. The summed E-state index contributed by atoms with van der Waals surface area (Å²) in [6.45, 7) is 1.84. The number of carbonyl (C=O) groups is 1. The minimum absolute atomic E-state index is 0.0852. The summed E-state index contributed by atoms with van der Waals surface area (Å²) >= 11 is 12.3. The van der Waals surface area contributed by atoms with Crippen molar-refractivity contribution in [3.63, 3.8) is 0 Å². The Labute approximate surface area is 205 Å². The van der Waals surface area contributed by atoms with Gasteiger partial charge >= 0.3 is 0 Å². The van der Waals surface area contributed by atoms with Gasteiger partial charge in [-0.2, -0.15) is 0 Å². The SMILES string of the molecule is CC(Oc1cc(-c2ccc(C(=O)N3C[C@@H](O)[C@@H](O)C3)cc2)cnc1N)c1c(Cl)ccc(F)c1Cl. The van der Waals surface area contributed by atoms with Crippen LogP contribution in [0.5, 0.6) is 5.75 Å². The molecule has 0 spiro atoms. The molecule has 10 heteroatoms. The molecular formula is C24H22Cl2FN3O4. The van der Waals surface area contributed by atoms with Crippen LogP contribution in [0.15, 0.2) is 48.7 Å². The predicted octanol–water partition coefficient (Wildman–Crippen LogP) is 4.09. The Morgan fingerprint density at radius 3 is 2.44 bits per heavy atom. The molecule has 2 aromatic carbocycles. The molecule has 7 nitrogen and oxygen atoms in total. The van der Waals surface area contributed by atoms with Crippen LogP contribution in [-0.4, -0.2) is 51.3 Å². The van der Waals surface area contributed by atoms with Crippen molar-refractivity contribution in [2.75, 3.05) is 18.8 Å². The van der Waals surface area contributed by atoms with Gasteiger partial charge in [0, 0.05) is 41.0 Å². The van der Waals surface area contributed by atoms with E-state index < -0.39 is 24.1 Å². The second-order valence-corrected chi connectivity index (χ2v) is 8.83. The molecule has 2 heterocycles. The van der Waals surface area contributed by atoms with Crippen molar-refractivity contribution in [2.24, 2.45) is 0 Å². The zero-order valence-corrected chi connectivity index (χ0v) is 19.6. The number of β-amino-alcohol motifs (C(OH)–C–C–N with tert-alkyl or cyclic N) is 2. The molecule has 0 bridgehead atoms. The van der Waals surface area contributed by atoms with Gasteiger partial charge in [-0.3, -0.25) is 4.79 Å². The van der Waals surface area contributed by atoms with Crippen molar-refractivity contribution < 1.29 is 24.1 Å². The number of nitrogens with zero attached hydrogens (tertiary/aromatic N) is 2. The van der Waals surface area contributed by atoms with E-state index in [-0.39, 0.29) is 40.6 Å². The van der Waals surface area contributed by atoms with Crippen molar-refractivity contribution in [1.82, 2.24) is 9.88 Å². The van der Waals surface area contributed by atoms with E-state index in [1.807, 2.05) is 0 Å². The van der Waals surface area contributed by atoms with Gasteiger partial charge in [0.1, 0.15) is 11.9 Å². The Balaban J connectivity index is 1.54. The van der Waals surface area contributed by atoms with E-state index in [4.69, 9.17) is 33.7 Å². The number of ether oxygens (including phenoxy) is 1. The van der Waals surface area contributed by atoms with Gasteiger partial charge in [0.05, 0.1) is 17.2 Å². The lowest BCUT2D eigenvalue weighted by molar-refractivity contribution is 0.0572. The van der Waals surface area contributed by atoms with Crippen molar-refractivity contribution >= 4 is 34.9 Å². The number of nitrogen functional groups attached to an aromatic ring is 1. The van der Waals surface area contributed by atoms with Crippen LogP contribution >= 0.6 is 23.2 Å². The van der Waals surface area contributed by atoms with Gasteiger partial charge in [-0.15, -0.1) is 0 Å². The molecule has 1 aliphatic rings. The molecule has 0 saturated carbocycles. The van der Waals surface area contributed by atoms with E-state index in [1.165, 1.54) is 17.0 Å². The number of amides is 1. The highest BCUT2D eigenvalue weighted by Gasteiger charge is 2.32. The maximum Gasteiger partial charge on any atom is 0.254 e. The number of rotatable bonds is 5. The molecule has 4 rings (SSSR count). The van der Waals surface area contributed by atoms with Crippen molar-refractivity contribution in [2.45, 2.75) is 25.2 Å². The monoisotopic (exact) mass is 505 g/mol. The van der Waals surface area contributed by atoms with Crippen LogP contribution < -0.4 is 10.5 Å². The number of hydrogen-bond acceptors (Lipinski definition) is 6. The summed E-state index contributed by atoms with van der Waals surface area (Å²) in [6.07, 6.45) is -1.02. The number of aliphatic hydroxyl groups is 2. The third-order valence-electron chi connectivity index (χ3n) is 5.68. The first-order valence-corrected chi connectivity index (χ1v) is 11.2. The Morgan fingerprint density at radius 2 is 1.79 bits per heavy atom. The molecule has 1 saturated heterocycles. The van der Waals surface area contributed by atoms with Gasteiger partial charge in [-0.25, -0.2) is 9.37 Å². The Hall–Kier alpha value is -2.91. The molecule has 1 fully saturated rings. The number of aliphatic hydroxyl groups excluding tert-OH is 2. The topological polar surface area (TPSA) is 109 Å². The second-order valence-electron chi connectivity index (χ2n) is 8.05. The van der Waals surface area contributed by atoms with Gasteiger partial charge in [0.2, 0.25) is 0 Å². The van der Waals surface area contributed by atoms with E-state index in [9.17, 15) is 19.4 Å². The normalized spacial score (nSPS) is 18.7. The molecule has 3 aromatic rings. The molecule has 4 N–H and O–H groups in total. The minimum atomic E-state index is -0.943. The maximum absolute atomic E-state index is 13.9. The van der Waals surface area contributed by atoms with Crippen molar-refractivity contribution in [3.05, 3.63) is 75.7 Å². The average molecular weight is 506 g/mol. The second kappa shape index (κ2) is 9.76. The largest absolute Gasteiger partial charge is 0.482 e. The minimum Gasteiger partial charge on any atom is -0.482 e. The molecule has 0 aliphatic carbocycles. The molecule has 1 amide bonds. The van der Waals surface area contributed by atoms with Crippen LogP contribution in [0.25, 0.3) is 11.1 Å². The van der Waals surface area contributed by atoms with Gasteiger partial charge < -0.3 is 25.6 Å². The summed E-state index contributed by atoms with van der Waals surface area (Å²) in [4.78, 5) is 18.2. The van der Waals surface area contributed by atoms with E-state index in [0.29, 0.717) is 16.7 Å². The van der Waals surface area contributed by atoms with Crippen LogP contribution in [0, 0.1) is 5.82 Å². The number of aromatic nitrogens is 1. The number of carbonyl (C=O) groups excluding carboxylic acids is 1. The lowest BCUT2D eigenvalue weighted by atomic mass is 10.0. The van der Waals surface area contributed by atoms with E-state index in [0.717, 1.165) is 5.56 Å². The quantitative estimate of drug-likeness (QED) is 0.450. The van der Waals surface area contributed by atoms with E-state index in [1.54, 1.807) is 43.5 Å². The fourth-order valence-corrected chi connectivity index (χ4v) is 4.47. The molecule has 34 heavy (non-hydrogen) atoms. The number of pyridine rings is 1. The van der Waals surface area contributed by atoms with Crippen LogP contribution in [0.3, 0.4) is 0 Å². The predicted molar refractivity (Wildman–Crippen MR) is 127 cm³/mol. The lowest BCUT2D eigenvalue weighted by Crippen LogP contribution is -2.29. The summed E-state index contributed by atoms with van der Waals surface area (Å²) in [5.41, 5.74) is 8.15. The number of halogens is 3. The molecule has 1 aromatic heterocycles. The summed E-state index contributed by atoms with van der Waals surface area (Å²) < 4.78 is 19.8. The number of benzene rings is 2. The first-order chi connectivity index (χ1) is 16.2. The smallest absolute Gasteiger partial charge is 0.254 e. The Morgan fingerprint density at radius 1 is 1.15 bits per heavy atom. The molecular weight excluding hydrogens is 484 g/mol. The third-order valence-corrected chi connectivity index (χ3v) is 6.40. The Bertz CT molecular complexity index is 1220.